The molecule has 1 aromatic carbocycles. The average Bonchev–Trinajstić information content (AvgIpc) is 2.55. The Hall–Kier alpha value is -1.91. The molecule has 0 spiro atoms. The van der Waals surface area contributed by atoms with Crippen LogP contribution >= 0.6 is 0 Å². The van der Waals surface area contributed by atoms with Gasteiger partial charge in [0, 0.05) is 20.1 Å². The molecule has 1 aromatic rings. The molecule has 0 saturated heterocycles. The van der Waals surface area contributed by atoms with Gasteiger partial charge in [0.2, 0.25) is 0 Å². The van der Waals surface area contributed by atoms with Gasteiger partial charge in [-0.1, -0.05) is 25.8 Å². The molecule has 0 saturated carbocycles. The minimum absolute atomic E-state index is 0.627. The fraction of sp³-hybridized carbons (Fsp3) is 0.588. The van der Waals surface area contributed by atoms with E-state index >= 15 is 0 Å². The summed E-state index contributed by atoms with van der Waals surface area (Å²) in [5.41, 5.74) is 1.12. The largest absolute Gasteiger partial charge is 0.493 e. The van der Waals surface area contributed by atoms with Crippen LogP contribution in [0.1, 0.15) is 38.7 Å². The van der Waals surface area contributed by atoms with Gasteiger partial charge in [0.25, 0.3) is 0 Å². The third-order valence-electron chi connectivity index (χ3n) is 3.28. The fourth-order valence-electron chi connectivity index (χ4n) is 2.08. The lowest BCUT2D eigenvalue weighted by atomic mass is 10.2. The van der Waals surface area contributed by atoms with Gasteiger partial charge in [0.15, 0.2) is 17.5 Å². The number of ether oxygens (including phenoxy) is 2. The molecule has 0 bridgehead atoms. The molecule has 0 atom stereocenters. The second-order valence-corrected chi connectivity index (χ2v) is 4.98. The van der Waals surface area contributed by atoms with Crippen molar-refractivity contribution < 1.29 is 9.47 Å². The van der Waals surface area contributed by atoms with Crippen LogP contribution in [0.4, 0.5) is 0 Å². The quantitative estimate of drug-likeness (QED) is 0.418. The standard InChI is InChI=1S/C17H29N3O2/c1-5-7-8-11-19-17(18-3)20-13-14-9-10-15(22-6-2)16(12-14)21-4/h9-10,12H,5-8,11,13H2,1-4H3,(H2,18,19,20). The number of unbranched alkanes of at least 4 members (excludes halogenated alkanes) is 2. The van der Waals surface area contributed by atoms with Crippen molar-refractivity contribution in [2.45, 2.75) is 39.7 Å². The van der Waals surface area contributed by atoms with Crippen LogP contribution in [0.25, 0.3) is 0 Å². The summed E-state index contributed by atoms with van der Waals surface area (Å²) in [6, 6.07) is 5.96. The predicted octanol–water partition coefficient (Wildman–Crippen LogP) is 2.95. The Bertz CT molecular complexity index is 461. The van der Waals surface area contributed by atoms with Crippen molar-refractivity contribution in [3.05, 3.63) is 23.8 Å². The van der Waals surface area contributed by atoms with Crippen molar-refractivity contribution in [3.63, 3.8) is 0 Å². The van der Waals surface area contributed by atoms with E-state index in [0.717, 1.165) is 36.0 Å². The van der Waals surface area contributed by atoms with Crippen LogP contribution in [0.3, 0.4) is 0 Å². The molecule has 0 aromatic heterocycles. The summed E-state index contributed by atoms with van der Waals surface area (Å²) in [4.78, 5) is 4.23. The third-order valence-corrected chi connectivity index (χ3v) is 3.28. The van der Waals surface area contributed by atoms with Crippen LogP contribution in [0.2, 0.25) is 0 Å². The highest BCUT2D eigenvalue weighted by Gasteiger charge is 2.05. The lowest BCUT2D eigenvalue weighted by Gasteiger charge is -2.14. The number of nitrogens with zero attached hydrogens (tertiary/aromatic N) is 1. The van der Waals surface area contributed by atoms with Crippen LogP contribution < -0.4 is 20.1 Å². The average molecular weight is 307 g/mol. The molecule has 5 heteroatoms. The fourth-order valence-corrected chi connectivity index (χ4v) is 2.08. The van der Waals surface area contributed by atoms with Gasteiger partial charge < -0.3 is 20.1 Å². The molecule has 0 aliphatic carbocycles. The molecule has 0 fully saturated rings. The zero-order valence-corrected chi connectivity index (χ0v) is 14.2. The number of rotatable bonds is 9. The van der Waals surface area contributed by atoms with Gasteiger partial charge in [-0.3, -0.25) is 4.99 Å². The molecular weight excluding hydrogens is 278 g/mol. The van der Waals surface area contributed by atoms with E-state index in [1.165, 1.54) is 12.8 Å². The van der Waals surface area contributed by atoms with E-state index in [4.69, 9.17) is 9.47 Å². The van der Waals surface area contributed by atoms with E-state index in [-0.39, 0.29) is 0 Å². The Kier molecular flexibility index (Phi) is 8.88. The van der Waals surface area contributed by atoms with Crippen LogP contribution in [-0.4, -0.2) is 33.3 Å². The van der Waals surface area contributed by atoms with E-state index in [9.17, 15) is 0 Å². The lowest BCUT2D eigenvalue weighted by molar-refractivity contribution is 0.310. The van der Waals surface area contributed by atoms with Gasteiger partial charge in [0.1, 0.15) is 0 Å². The molecule has 1 rings (SSSR count). The van der Waals surface area contributed by atoms with Crippen molar-refractivity contribution in [3.8, 4) is 11.5 Å². The summed E-state index contributed by atoms with van der Waals surface area (Å²) < 4.78 is 10.9. The zero-order chi connectivity index (χ0) is 16.2. The van der Waals surface area contributed by atoms with Crippen molar-refractivity contribution in [1.29, 1.82) is 0 Å². The molecule has 5 nitrogen and oxygen atoms in total. The molecule has 0 amide bonds. The van der Waals surface area contributed by atoms with E-state index in [2.05, 4.69) is 22.5 Å². The van der Waals surface area contributed by atoms with Crippen molar-refractivity contribution >= 4 is 5.96 Å². The number of benzene rings is 1. The number of methoxy groups -OCH3 is 1. The predicted molar refractivity (Wildman–Crippen MR) is 91.9 cm³/mol. The van der Waals surface area contributed by atoms with Crippen LogP contribution in [0.15, 0.2) is 23.2 Å². The molecule has 2 N–H and O–H groups in total. The highest BCUT2D eigenvalue weighted by Crippen LogP contribution is 2.27. The van der Waals surface area contributed by atoms with Gasteiger partial charge in [-0.15, -0.1) is 0 Å². The number of nitrogens with one attached hydrogen (secondary N) is 2. The first-order chi connectivity index (χ1) is 10.7. The monoisotopic (exact) mass is 307 g/mol. The van der Waals surface area contributed by atoms with Crippen molar-refractivity contribution in [2.75, 3.05) is 27.3 Å². The maximum absolute atomic E-state index is 5.52. The topological polar surface area (TPSA) is 54.9 Å². The van der Waals surface area contributed by atoms with Gasteiger partial charge >= 0.3 is 0 Å². The van der Waals surface area contributed by atoms with Crippen molar-refractivity contribution in [1.82, 2.24) is 10.6 Å². The van der Waals surface area contributed by atoms with E-state index < -0.39 is 0 Å². The first kappa shape index (κ1) is 18.1. The second-order valence-electron chi connectivity index (χ2n) is 4.98. The minimum Gasteiger partial charge on any atom is -0.493 e. The van der Waals surface area contributed by atoms with Gasteiger partial charge in [-0.25, -0.2) is 0 Å². The van der Waals surface area contributed by atoms with Crippen LogP contribution in [0, 0.1) is 0 Å². The van der Waals surface area contributed by atoms with Crippen molar-refractivity contribution in [2.24, 2.45) is 4.99 Å². The Morgan fingerprint density at radius 1 is 1.14 bits per heavy atom. The summed E-state index contributed by atoms with van der Waals surface area (Å²) in [7, 11) is 3.44. The molecule has 0 aliphatic heterocycles. The van der Waals surface area contributed by atoms with Crippen LogP contribution in [0.5, 0.6) is 11.5 Å². The SMILES string of the molecule is CCCCCNC(=NC)NCc1ccc(OCC)c(OC)c1. The van der Waals surface area contributed by atoms with E-state index in [0.29, 0.717) is 13.2 Å². The first-order valence-corrected chi connectivity index (χ1v) is 7.99. The molecule has 0 unspecified atom stereocenters. The summed E-state index contributed by atoms with van der Waals surface area (Å²) >= 11 is 0. The minimum atomic E-state index is 0.627. The highest BCUT2D eigenvalue weighted by atomic mass is 16.5. The van der Waals surface area contributed by atoms with Gasteiger partial charge in [-0.2, -0.15) is 0 Å². The summed E-state index contributed by atoms with van der Waals surface area (Å²) in [5.74, 6) is 2.35. The summed E-state index contributed by atoms with van der Waals surface area (Å²) in [5, 5.41) is 6.63. The Morgan fingerprint density at radius 2 is 1.95 bits per heavy atom. The summed E-state index contributed by atoms with van der Waals surface area (Å²) in [6.07, 6.45) is 3.62. The normalized spacial score (nSPS) is 11.2. The lowest BCUT2D eigenvalue weighted by Crippen LogP contribution is -2.37. The molecule has 0 heterocycles. The Morgan fingerprint density at radius 3 is 2.59 bits per heavy atom. The van der Waals surface area contributed by atoms with Crippen LogP contribution in [-0.2, 0) is 6.54 Å². The number of aliphatic imine (C=N–C) groups is 1. The first-order valence-electron chi connectivity index (χ1n) is 7.99. The molecule has 0 aliphatic rings. The molecule has 0 radical (unpaired) electrons. The smallest absolute Gasteiger partial charge is 0.191 e. The second kappa shape index (κ2) is 10.8. The summed E-state index contributed by atoms with van der Waals surface area (Å²) in [6.45, 7) is 6.42. The molecule has 124 valence electrons. The number of hydrogen-bond acceptors (Lipinski definition) is 3. The number of guanidine groups is 1. The van der Waals surface area contributed by atoms with E-state index in [1.807, 2.05) is 25.1 Å². The molecular formula is C17H29N3O2. The molecule has 22 heavy (non-hydrogen) atoms. The van der Waals surface area contributed by atoms with Gasteiger partial charge in [-0.05, 0) is 31.0 Å². The van der Waals surface area contributed by atoms with Gasteiger partial charge in [0.05, 0.1) is 13.7 Å². The Labute approximate surface area is 134 Å². The maximum atomic E-state index is 5.52. The Balaban J connectivity index is 2.52. The third kappa shape index (κ3) is 6.24. The van der Waals surface area contributed by atoms with E-state index in [1.54, 1.807) is 14.2 Å². The zero-order valence-electron chi connectivity index (χ0n) is 14.2. The number of hydrogen-bond donors (Lipinski definition) is 2. The maximum Gasteiger partial charge on any atom is 0.191 e. The highest BCUT2D eigenvalue weighted by molar-refractivity contribution is 5.79.